The third-order valence-corrected chi connectivity index (χ3v) is 2.11. The van der Waals surface area contributed by atoms with Crippen LogP contribution in [0.25, 0.3) is 11.0 Å². The molecular formula is C8H6BrN3O. The second-order valence-corrected chi connectivity index (χ2v) is 3.56. The molecule has 0 N–H and O–H groups in total. The van der Waals surface area contributed by atoms with Gasteiger partial charge in [-0.05, 0) is 22.0 Å². The van der Waals surface area contributed by atoms with E-state index in [1.54, 1.807) is 12.4 Å². The highest BCUT2D eigenvalue weighted by Crippen LogP contribution is 2.16. The summed E-state index contributed by atoms with van der Waals surface area (Å²) >= 11 is 3.29. The van der Waals surface area contributed by atoms with Gasteiger partial charge < -0.3 is 0 Å². The number of carbonyl (C=O) groups excluding carboxylic acids is 1. The highest BCUT2D eigenvalue weighted by Gasteiger charge is 2.06. The Bertz CT molecular complexity index is 477. The summed E-state index contributed by atoms with van der Waals surface area (Å²) in [6.07, 6.45) is 3.26. The molecule has 0 aromatic carbocycles. The van der Waals surface area contributed by atoms with Crippen LogP contribution in [0.1, 0.15) is 11.7 Å². The summed E-state index contributed by atoms with van der Waals surface area (Å²) in [6.45, 7) is 1.45. The van der Waals surface area contributed by atoms with E-state index in [0.717, 1.165) is 9.86 Å². The minimum Gasteiger partial charge on any atom is -0.273 e. The van der Waals surface area contributed by atoms with Gasteiger partial charge in [-0.3, -0.25) is 4.79 Å². The molecule has 0 aliphatic rings. The summed E-state index contributed by atoms with van der Waals surface area (Å²) in [4.78, 5) is 15.1. The second-order valence-electron chi connectivity index (χ2n) is 2.64. The van der Waals surface area contributed by atoms with E-state index in [1.165, 1.54) is 11.6 Å². The molecule has 2 heterocycles. The van der Waals surface area contributed by atoms with E-state index in [4.69, 9.17) is 0 Å². The van der Waals surface area contributed by atoms with Crippen LogP contribution >= 0.6 is 15.9 Å². The maximum Gasteiger partial charge on any atom is 0.245 e. The average Bonchev–Trinajstić information content (AvgIpc) is 2.46. The summed E-state index contributed by atoms with van der Waals surface area (Å²) in [7, 11) is 0. The Balaban J connectivity index is 2.76. The zero-order chi connectivity index (χ0) is 9.42. The van der Waals surface area contributed by atoms with Gasteiger partial charge in [0.05, 0.1) is 6.20 Å². The molecular weight excluding hydrogens is 234 g/mol. The van der Waals surface area contributed by atoms with E-state index >= 15 is 0 Å². The molecule has 0 saturated heterocycles. The lowest BCUT2D eigenvalue weighted by Gasteiger charge is -1.95. The fraction of sp³-hybridized carbons (Fsp3) is 0.125. The minimum atomic E-state index is -0.134. The molecule has 0 aliphatic carbocycles. The summed E-state index contributed by atoms with van der Waals surface area (Å²) in [5.41, 5.74) is 0.593. The monoisotopic (exact) mass is 239 g/mol. The first kappa shape index (κ1) is 8.37. The minimum absolute atomic E-state index is 0.134. The van der Waals surface area contributed by atoms with Crippen LogP contribution in [0.5, 0.6) is 0 Å². The van der Waals surface area contributed by atoms with E-state index in [-0.39, 0.29) is 5.91 Å². The van der Waals surface area contributed by atoms with Gasteiger partial charge in [-0.2, -0.15) is 9.78 Å². The lowest BCUT2D eigenvalue weighted by molar-refractivity contribution is 0.0926. The zero-order valence-corrected chi connectivity index (χ0v) is 8.45. The van der Waals surface area contributed by atoms with E-state index in [9.17, 15) is 4.79 Å². The predicted octanol–water partition coefficient (Wildman–Crippen LogP) is 1.85. The smallest absolute Gasteiger partial charge is 0.245 e. The number of pyridine rings is 1. The highest BCUT2D eigenvalue weighted by molar-refractivity contribution is 9.10. The van der Waals surface area contributed by atoms with Gasteiger partial charge in [-0.25, -0.2) is 4.98 Å². The second kappa shape index (κ2) is 2.92. The fourth-order valence-corrected chi connectivity index (χ4v) is 1.47. The molecule has 0 bridgehead atoms. The summed E-state index contributed by atoms with van der Waals surface area (Å²) < 4.78 is 2.16. The van der Waals surface area contributed by atoms with Crippen molar-refractivity contribution in [3.63, 3.8) is 0 Å². The number of halogens is 1. The average molecular weight is 240 g/mol. The number of nitrogens with zero attached hydrogens (tertiary/aromatic N) is 3. The first-order valence-electron chi connectivity index (χ1n) is 3.69. The molecule has 66 valence electrons. The molecule has 0 spiro atoms. The van der Waals surface area contributed by atoms with Crippen LogP contribution < -0.4 is 0 Å². The Morgan fingerprint density at radius 2 is 2.31 bits per heavy atom. The normalized spacial score (nSPS) is 10.6. The quantitative estimate of drug-likeness (QED) is 0.706. The number of hydrogen-bond donors (Lipinski definition) is 0. The van der Waals surface area contributed by atoms with Crippen molar-refractivity contribution in [3.05, 3.63) is 22.9 Å². The molecule has 0 unspecified atom stereocenters. The molecule has 0 atom stereocenters. The SMILES string of the molecule is CC(=O)n1ncc2cc(Br)cnc21. The van der Waals surface area contributed by atoms with Gasteiger partial charge >= 0.3 is 0 Å². The number of hydrogen-bond acceptors (Lipinski definition) is 3. The zero-order valence-electron chi connectivity index (χ0n) is 6.86. The number of fused-ring (bicyclic) bond motifs is 1. The third kappa shape index (κ3) is 1.35. The van der Waals surface area contributed by atoms with Crippen molar-refractivity contribution in [1.82, 2.24) is 14.8 Å². The van der Waals surface area contributed by atoms with Gasteiger partial charge in [0.1, 0.15) is 0 Å². The molecule has 0 aliphatic heterocycles. The summed E-state index contributed by atoms with van der Waals surface area (Å²) in [5.74, 6) is -0.134. The van der Waals surface area contributed by atoms with Crippen molar-refractivity contribution in [2.45, 2.75) is 6.92 Å². The van der Waals surface area contributed by atoms with E-state index < -0.39 is 0 Å². The van der Waals surface area contributed by atoms with Gasteiger partial charge in [-0.1, -0.05) is 0 Å². The van der Waals surface area contributed by atoms with Crippen molar-refractivity contribution in [2.24, 2.45) is 0 Å². The first-order valence-corrected chi connectivity index (χ1v) is 4.48. The largest absolute Gasteiger partial charge is 0.273 e. The number of rotatable bonds is 0. The number of carbonyl (C=O) groups is 1. The molecule has 13 heavy (non-hydrogen) atoms. The molecule has 2 aromatic rings. The van der Waals surface area contributed by atoms with E-state index in [2.05, 4.69) is 26.0 Å². The predicted molar refractivity (Wildman–Crippen MR) is 51.5 cm³/mol. The van der Waals surface area contributed by atoms with Gasteiger partial charge in [0.15, 0.2) is 5.65 Å². The van der Waals surface area contributed by atoms with Crippen molar-refractivity contribution >= 4 is 32.9 Å². The van der Waals surface area contributed by atoms with Crippen LogP contribution in [-0.4, -0.2) is 20.7 Å². The molecule has 5 heteroatoms. The maximum absolute atomic E-state index is 11.1. The lowest BCUT2D eigenvalue weighted by atomic mass is 10.4. The Morgan fingerprint density at radius 1 is 1.54 bits per heavy atom. The summed E-state index contributed by atoms with van der Waals surface area (Å²) in [5, 5.41) is 4.77. The standard InChI is InChI=1S/C8H6BrN3O/c1-5(13)12-8-6(3-11-12)2-7(9)4-10-8/h2-4H,1H3. The third-order valence-electron chi connectivity index (χ3n) is 1.67. The van der Waals surface area contributed by atoms with Crippen molar-refractivity contribution in [2.75, 3.05) is 0 Å². The van der Waals surface area contributed by atoms with Crippen LogP contribution in [-0.2, 0) is 0 Å². The van der Waals surface area contributed by atoms with Crippen LogP contribution in [0.2, 0.25) is 0 Å². The van der Waals surface area contributed by atoms with Gasteiger partial charge in [-0.15, -0.1) is 0 Å². The van der Waals surface area contributed by atoms with Crippen molar-refractivity contribution in [3.8, 4) is 0 Å². The van der Waals surface area contributed by atoms with Crippen molar-refractivity contribution in [1.29, 1.82) is 0 Å². The van der Waals surface area contributed by atoms with E-state index in [0.29, 0.717) is 5.65 Å². The fourth-order valence-electron chi connectivity index (χ4n) is 1.12. The topological polar surface area (TPSA) is 47.8 Å². The van der Waals surface area contributed by atoms with Crippen molar-refractivity contribution < 1.29 is 4.79 Å². The Labute approximate surface area is 82.7 Å². The molecule has 4 nitrogen and oxygen atoms in total. The van der Waals surface area contributed by atoms with Crippen LogP contribution in [0.3, 0.4) is 0 Å². The molecule has 2 aromatic heterocycles. The first-order chi connectivity index (χ1) is 6.18. The molecule has 2 rings (SSSR count). The Kier molecular flexibility index (Phi) is 1.88. The van der Waals surface area contributed by atoms with E-state index in [1.807, 2.05) is 6.07 Å². The van der Waals surface area contributed by atoms with Crippen LogP contribution in [0, 0.1) is 0 Å². The summed E-state index contributed by atoms with van der Waals surface area (Å²) in [6, 6.07) is 1.87. The molecule has 0 radical (unpaired) electrons. The lowest BCUT2D eigenvalue weighted by Crippen LogP contribution is -2.07. The number of aromatic nitrogens is 3. The highest BCUT2D eigenvalue weighted by atomic mass is 79.9. The molecule has 0 amide bonds. The van der Waals surface area contributed by atoms with Gasteiger partial charge in [0, 0.05) is 23.0 Å². The van der Waals surface area contributed by atoms with Crippen LogP contribution in [0.4, 0.5) is 0 Å². The molecule has 0 fully saturated rings. The van der Waals surface area contributed by atoms with Gasteiger partial charge in [0.2, 0.25) is 5.91 Å². The van der Waals surface area contributed by atoms with Gasteiger partial charge in [0.25, 0.3) is 0 Å². The Hall–Kier alpha value is -1.23. The Morgan fingerprint density at radius 3 is 3.00 bits per heavy atom. The van der Waals surface area contributed by atoms with Crippen LogP contribution in [0.15, 0.2) is 22.9 Å². The maximum atomic E-state index is 11.1. The molecule has 0 saturated carbocycles.